The maximum Gasteiger partial charge on any atom is 0.338 e. The summed E-state index contributed by atoms with van der Waals surface area (Å²) in [4.78, 5) is 28.2. The molecule has 1 aromatic heterocycles. The first-order valence-electron chi connectivity index (χ1n) is 8.99. The first kappa shape index (κ1) is 24.1. The molecule has 0 radical (unpaired) electrons. The van der Waals surface area contributed by atoms with Gasteiger partial charge in [0.2, 0.25) is 10.0 Å². The predicted molar refractivity (Wildman–Crippen MR) is 114 cm³/mol. The van der Waals surface area contributed by atoms with Crippen molar-refractivity contribution in [1.82, 2.24) is 9.29 Å². The van der Waals surface area contributed by atoms with E-state index in [-0.39, 0.29) is 21.3 Å². The fourth-order valence-electron chi connectivity index (χ4n) is 2.50. The Labute approximate surface area is 185 Å². The van der Waals surface area contributed by atoms with E-state index in [1.54, 1.807) is 20.8 Å². The van der Waals surface area contributed by atoms with Gasteiger partial charge < -0.3 is 10.1 Å². The van der Waals surface area contributed by atoms with Gasteiger partial charge in [-0.3, -0.25) is 4.79 Å². The number of sulfonamides is 1. The van der Waals surface area contributed by atoms with E-state index in [0.29, 0.717) is 23.7 Å². The minimum Gasteiger partial charge on any atom is -0.452 e. The smallest absolute Gasteiger partial charge is 0.338 e. The molecule has 2 rings (SSSR count). The third-order valence-corrected chi connectivity index (χ3v) is 7.14. The third-order valence-electron chi connectivity index (χ3n) is 4.23. The molecule has 162 valence electrons. The maximum absolute atomic E-state index is 12.5. The first-order chi connectivity index (χ1) is 14.1. The molecule has 0 fully saturated rings. The molecule has 0 saturated heterocycles. The molecule has 0 saturated carbocycles. The number of anilines is 1. The van der Waals surface area contributed by atoms with Crippen molar-refractivity contribution in [3.8, 4) is 0 Å². The van der Waals surface area contributed by atoms with Gasteiger partial charge in [0.05, 0.1) is 20.5 Å². The Bertz CT molecular complexity index is 1040. The van der Waals surface area contributed by atoms with Crippen molar-refractivity contribution in [1.29, 1.82) is 0 Å². The second-order valence-corrected chi connectivity index (χ2v) is 8.85. The molecule has 1 N–H and O–H groups in total. The largest absolute Gasteiger partial charge is 0.452 e. The zero-order valence-corrected chi connectivity index (χ0v) is 18.9. The summed E-state index contributed by atoms with van der Waals surface area (Å²) in [5.41, 5.74) is 0.667. The van der Waals surface area contributed by atoms with Crippen LogP contribution in [0.4, 0.5) is 5.82 Å². The van der Waals surface area contributed by atoms with E-state index in [2.05, 4.69) is 10.3 Å². The van der Waals surface area contributed by atoms with E-state index >= 15 is 0 Å². The Balaban J connectivity index is 2.00. The molecule has 2 aromatic rings. The minimum absolute atomic E-state index is 0.0688. The van der Waals surface area contributed by atoms with Crippen LogP contribution in [0.2, 0.25) is 10.0 Å². The van der Waals surface area contributed by atoms with Gasteiger partial charge in [-0.05, 0) is 36.8 Å². The molecule has 0 atom stereocenters. The summed E-state index contributed by atoms with van der Waals surface area (Å²) < 4.78 is 31.2. The quantitative estimate of drug-likeness (QED) is 0.587. The molecule has 30 heavy (non-hydrogen) atoms. The van der Waals surface area contributed by atoms with Crippen LogP contribution in [0.3, 0.4) is 0 Å². The average Bonchev–Trinajstić information content (AvgIpc) is 2.73. The lowest BCUT2D eigenvalue weighted by Crippen LogP contribution is -2.30. The van der Waals surface area contributed by atoms with Gasteiger partial charge in [0, 0.05) is 19.3 Å². The van der Waals surface area contributed by atoms with Crippen molar-refractivity contribution in [2.45, 2.75) is 25.7 Å². The highest BCUT2D eigenvalue weighted by atomic mass is 35.5. The van der Waals surface area contributed by atoms with E-state index in [0.717, 1.165) is 0 Å². The number of hydrogen-bond donors (Lipinski definition) is 1. The van der Waals surface area contributed by atoms with E-state index < -0.39 is 28.5 Å². The van der Waals surface area contributed by atoms with Gasteiger partial charge in [-0.25, -0.2) is 18.2 Å². The van der Waals surface area contributed by atoms with Crippen LogP contribution < -0.4 is 5.32 Å². The van der Waals surface area contributed by atoms with Gasteiger partial charge in [0.1, 0.15) is 0 Å². The Morgan fingerprint density at radius 3 is 2.30 bits per heavy atom. The number of rotatable bonds is 8. The fraction of sp³-hybridized carbons (Fsp3) is 0.316. The highest BCUT2D eigenvalue weighted by molar-refractivity contribution is 7.89. The number of pyridine rings is 1. The van der Waals surface area contributed by atoms with Crippen LogP contribution >= 0.6 is 23.2 Å². The number of carbonyl (C=O) groups excluding carboxylic acids is 2. The summed E-state index contributed by atoms with van der Waals surface area (Å²) in [6, 6.07) is 5.31. The molecule has 1 amide bonds. The molecule has 0 aliphatic heterocycles. The van der Waals surface area contributed by atoms with Gasteiger partial charge in [-0.15, -0.1) is 0 Å². The number of nitrogens with zero attached hydrogens (tertiary/aromatic N) is 2. The molecule has 1 aromatic carbocycles. The SMILES string of the molecule is CCN(CC)S(=O)(=O)c1ccc(C(=O)OCC(=O)Nc2ncc(Cl)c(C)c2Cl)cc1. The van der Waals surface area contributed by atoms with E-state index in [4.69, 9.17) is 27.9 Å². The number of amides is 1. The van der Waals surface area contributed by atoms with Crippen molar-refractivity contribution in [3.63, 3.8) is 0 Å². The Morgan fingerprint density at radius 1 is 1.13 bits per heavy atom. The van der Waals surface area contributed by atoms with Crippen LogP contribution in [0.15, 0.2) is 35.4 Å². The van der Waals surface area contributed by atoms with Gasteiger partial charge in [-0.2, -0.15) is 4.31 Å². The second-order valence-electron chi connectivity index (χ2n) is 6.13. The predicted octanol–water partition coefficient (Wildman–Crippen LogP) is 3.52. The zero-order valence-electron chi connectivity index (χ0n) is 16.6. The van der Waals surface area contributed by atoms with Gasteiger partial charge >= 0.3 is 5.97 Å². The van der Waals surface area contributed by atoms with Crippen molar-refractivity contribution >= 4 is 50.9 Å². The molecule has 1 heterocycles. The normalized spacial score (nSPS) is 11.4. The number of benzene rings is 1. The van der Waals surface area contributed by atoms with E-state index in [1.165, 1.54) is 34.8 Å². The van der Waals surface area contributed by atoms with Crippen LogP contribution in [0, 0.1) is 6.92 Å². The number of hydrogen-bond acceptors (Lipinski definition) is 6. The molecule has 11 heteroatoms. The zero-order chi connectivity index (χ0) is 22.5. The van der Waals surface area contributed by atoms with E-state index in [9.17, 15) is 18.0 Å². The first-order valence-corrected chi connectivity index (χ1v) is 11.2. The highest BCUT2D eigenvalue weighted by Gasteiger charge is 2.22. The fourth-order valence-corrected chi connectivity index (χ4v) is 4.35. The summed E-state index contributed by atoms with van der Waals surface area (Å²) in [5, 5.41) is 2.98. The van der Waals surface area contributed by atoms with Crippen LogP contribution in [0.1, 0.15) is 29.8 Å². The summed E-state index contributed by atoms with van der Waals surface area (Å²) >= 11 is 12.0. The molecule has 0 spiro atoms. The summed E-state index contributed by atoms with van der Waals surface area (Å²) in [6.45, 7) is 5.26. The average molecular weight is 474 g/mol. The van der Waals surface area contributed by atoms with Crippen molar-refractivity contribution in [2.24, 2.45) is 0 Å². The lowest BCUT2D eigenvalue weighted by molar-refractivity contribution is -0.119. The van der Waals surface area contributed by atoms with Gasteiger partial charge in [0.15, 0.2) is 12.4 Å². The molecule has 0 aliphatic carbocycles. The summed E-state index contributed by atoms with van der Waals surface area (Å²) in [6.07, 6.45) is 1.35. The summed E-state index contributed by atoms with van der Waals surface area (Å²) in [5.74, 6) is -1.31. The Morgan fingerprint density at radius 2 is 1.73 bits per heavy atom. The molecular weight excluding hydrogens is 453 g/mol. The topological polar surface area (TPSA) is 106 Å². The molecule has 0 unspecified atom stereocenters. The van der Waals surface area contributed by atoms with Crippen LogP contribution in [-0.2, 0) is 19.6 Å². The van der Waals surface area contributed by atoms with Crippen molar-refractivity contribution < 1.29 is 22.7 Å². The number of nitrogens with one attached hydrogen (secondary N) is 1. The maximum atomic E-state index is 12.5. The second kappa shape index (κ2) is 10.2. The van der Waals surface area contributed by atoms with Crippen LogP contribution in [0.25, 0.3) is 0 Å². The molecule has 0 aliphatic rings. The number of ether oxygens (including phenoxy) is 1. The molecule has 8 nitrogen and oxygen atoms in total. The Kier molecular flexibility index (Phi) is 8.19. The lowest BCUT2D eigenvalue weighted by Gasteiger charge is -2.18. The number of carbonyl (C=O) groups is 2. The van der Waals surface area contributed by atoms with Crippen LogP contribution in [0.5, 0.6) is 0 Å². The standard InChI is InChI=1S/C19H21Cl2N3O5S/c1-4-24(5-2)30(27,28)14-8-6-13(7-9-14)19(26)29-11-16(25)23-18-17(21)12(3)15(20)10-22-18/h6-10H,4-5,11H2,1-3H3,(H,22,23,25). The van der Waals surface area contributed by atoms with Gasteiger partial charge in [-0.1, -0.05) is 37.0 Å². The van der Waals surface area contributed by atoms with Crippen molar-refractivity contribution in [2.75, 3.05) is 25.0 Å². The lowest BCUT2D eigenvalue weighted by atomic mass is 10.2. The minimum atomic E-state index is -3.63. The van der Waals surface area contributed by atoms with E-state index in [1.807, 2.05) is 0 Å². The molecule has 0 bridgehead atoms. The van der Waals surface area contributed by atoms with Crippen LogP contribution in [-0.4, -0.2) is 49.3 Å². The monoisotopic (exact) mass is 473 g/mol. The number of halogens is 2. The summed E-state index contributed by atoms with van der Waals surface area (Å²) in [7, 11) is -3.63. The van der Waals surface area contributed by atoms with Gasteiger partial charge in [0.25, 0.3) is 5.91 Å². The highest BCUT2D eigenvalue weighted by Crippen LogP contribution is 2.28. The molecular formula is C19H21Cl2N3O5S. The van der Waals surface area contributed by atoms with Crippen molar-refractivity contribution in [3.05, 3.63) is 51.6 Å². The third kappa shape index (κ3) is 5.48. The Hall–Kier alpha value is -2.20. The number of esters is 1. The number of aromatic nitrogens is 1.